The molecule has 170 valence electrons. The van der Waals surface area contributed by atoms with E-state index in [0.29, 0.717) is 17.3 Å². The van der Waals surface area contributed by atoms with E-state index in [-0.39, 0.29) is 28.4 Å². The maximum atomic E-state index is 13.3. The molecule has 0 heterocycles. The standard InChI is InChI=1S/C26H36O4S/c1-17-7-10-19(11-8-17)31(28,29)30-23-16-22(27)24-20-12-9-18-6-4-5-14-25(18,2)21(20)13-15-26(23,24)3/h7-8,10-11,18,20-21,23-24H,4-6,9,12-16H2,1-3H3/t18-,20?,21?,23?,24?,25?,26?/m1/s1. The molecule has 7 atom stereocenters. The Morgan fingerprint density at radius 1 is 0.935 bits per heavy atom. The van der Waals surface area contributed by atoms with Gasteiger partial charge in [-0.15, -0.1) is 0 Å². The number of Topliss-reactive ketones (excluding diaryl/α,β-unsaturated/α-hetero) is 1. The van der Waals surface area contributed by atoms with Crippen LogP contribution in [0.4, 0.5) is 0 Å². The van der Waals surface area contributed by atoms with Gasteiger partial charge in [0.25, 0.3) is 10.1 Å². The van der Waals surface area contributed by atoms with Crippen LogP contribution in [-0.4, -0.2) is 20.3 Å². The number of carbonyl (C=O) groups excluding carboxylic acids is 1. The molecule has 4 saturated carbocycles. The summed E-state index contributed by atoms with van der Waals surface area (Å²) < 4.78 is 31.9. The second-order valence-electron chi connectivity index (χ2n) is 11.3. The molecule has 0 saturated heterocycles. The number of hydrogen-bond acceptors (Lipinski definition) is 4. The van der Waals surface area contributed by atoms with Gasteiger partial charge in [0.05, 0.1) is 11.0 Å². The largest absolute Gasteiger partial charge is 0.299 e. The van der Waals surface area contributed by atoms with Crippen molar-refractivity contribution in [1.82, 2.24) is 0 Å². The van der Waals surface area contributed by atoms with E-state index < -0.39 is 16.2 Å². The van der Waals surface area contributed by atoms with E-state index in [4.69, 9.17) is 4.18 Å². The van der Waals surface area contributed by atoms with Crippen LogP contribution in [0.1, 0.15) is 77.2 Å². The van der Waals surface area contributed by atoms with Gasteiger partial charge in [-0.2, -0.15) is 8.42 Å². The van der Waals surface area contributed by atoms with Gasteiger partial charge in [-0.1, -0.05) is 44.4 Å². The highest BCUT2D eigenvalue weighted by atomic mass is 32.2. The average Bonchev–Trinajstić information content (AvgIpc) is 2.97. The molecular weight excluding hydrogens is 408 g/mol. The van der Waals surface area contributed by atoms with Crippen molar-refractivity contribution < 1.29 is 17.4 Å². The molecule has 4 nitrogen and oxygen atoms in total. The molecule has 0 radical (unpaired) electrons. The lowest BCUT2D eigenvalue weighted by molar-refractivity contribution is -0.141. The van der Waals surface area contributed by atoms with Crippen LogP contribution in [0.25, 0.3) is 0 Å². The summed E-state index contributed by atoms with van der Waals surface area (Å²) in [5.74, 6) is 1.97. The zero-order valence-corrected chi connectivity index (χ0v) is 19.9. The fourth-order valence-corrected chi connectivity index (χ4v) is 9.27. The zero-order chi connectivity index (χ0) is 22.0. The highest BCUT2D eigenvalue weighted by molar-refractivity contribution is 7.86. The molecule has 31 heavy (non-hydrogen) atoms. The predicted molar refractivity (Wildman–Crippen MR) is 120 cm³/mol. The Kier molecular flexibility index (Phi) is 5.17. The number of benzene rings is 1. The zero-order valence-electron chi connectivity index (χ0n) is 19.1. The molecule has 0 aromatic heterocycles. The minimum atomic E-state index is -3.89. The van der Waals surface area contributed by atoms with Crippen molar-refractivity contribution in [3.05, 3.63) is 29.8 Å². The smallest absolute Gasteiger partial charge is 0.297 e. The van der Waals surface area contributed by atoms with Crippen LogP contribution in [0.5, 0.6) is 0 Å². The normalized spacial score (nSPS) is 42.5. The number of fused-ring (bicyclic) bond motifs is 5. The molecule has 1 aromatic carbocycles. The van der Waals surface area contributed by atoms with Gasteiger partial charge in [0.15, 0.2) is 0 Å². The molecule has 0 bridgehead atoms. The Bertz CT molecular complexity index is 968. The Morgan fingerprint density at radius 3 is 2.42 bits per heavy atom. The molecule has 5 rings (SSSR count). The first-order chi connectivity index (χ1) is 14.6. The molecule has 0 aliphatic heterocycles. The maximum absolute atomic E-state index is 13.3. The number of carbonyl (C=O) groups is 1. The molecule has 4 aliphatic rings. The molecule has 4 aliphatic carbocycles. The Hall–Kier alpha value is -1.20. The molecule has 1 aromatic rings. The highest BCUT2D eigenvalue weighted by Crippen LogP contribution is 2.66. The third-order valence-corrected chi connectivity index (χ3v) is 11.2. The summed E-state index contributed by atoms with van der Waals surface area (Å²) in [7, 11) is -3.89. The SMILES string of the molecule is Cc1ccc(S(=O)(=O)OC2CC(=O)C3C4CC[C@H]5CCCCC5(C)C4CCC23C)cc1. The molecule has 0 amide bonds. The minimum absolute atomic E-state index is 0.0517. The summed E-state index contributed by atoms with van der Waals surface area (Å²) >= 11 is 0. The van der Waals surface area contributed by atoms with E-state index >= 15 is 0 Å². The number of ketones is 1. The predicted octanol–water partition coefficient (Wildman–Crippen LogP) is 5.68. The van der Waals surface area contributed by atoms with Gasteiger partial charge in [0.2, 0.25) is 0 Å². The summed E-state index contributed by atoms with van der Waals surface area (Å²) in [5, 5.41) is 0. The van der Waals surface area contributed by atoms with Gasteiger partial charge in [-0.25, -0.2) is 0 Å². The maximum Gasteiger partial charge on any atom is 0.297 e. The topological polar surface area (TPSA) is 60.4 Å². The van der Waals surface area contributed by atoms with Crippen LogP contribution in [0, 0.1) is 41.4 Å². The lowest BCUT2D eigenvalue weighted by Crippen LogP contribution is -2.54. The van der Waals surface area contributed by atoms with Crippen LogP contribution < -0.4 is 0 Å². The van der Waals surface area contributed by atoms with Gasteiger partial charge in [-0.05, 0) is 80.8 Å². The second-order valence-corrected chi connectivity index (χ2v) is 12.9. The van der Waals surface area contributed by atoms with E-state index in [1.54, 1.807) is 24.3 Å². The Morgan fingerprint density at radius 2 is 1.68 bits per heavy atom. The first kappa shape index (κ1) is 21.6. The number of rotatable bonds is 3. The first-order valence-electron chi connectivity index (χ1n) is 12.2. The molecular formula is C26H36O4S. The summed E-state index contributed by atoms with van der Waals surface area (Å²) in [4.78, 5) is 13.5. The third-order valence-electron chi connectivity index (χ3n) is 9.82. The second kappa shape index (κ2) is 7.41. The van der Waals surface area contributed by atoms with Crippen molar-refractivity contribution in [3.63, 3.8) is 0 Å². The van der Waals surface area contributed by atoms with Crippen molar-refractivity contribution in [3.8, 4) is 0 Å². The Labute approximate surface area is 187 Å². The van der Waals surface area contributed by atoms with Crippen LogP contribution in [0.2, 0.25) is 0 Å². The van der Waals surface area contributed by atoms with Crippen molar-refractivity contribution in [2.75, 3.05) is 0 Å². The Balaban J connectivity index is 1.41. The van der Waals surface area contributed by atoms with Crippen molar-refractivity contribution >= 4 is 15.9 Å². The fraction of sp³-hybridized carbons (Fsp3) is 0.731. The van der Waals surface area contributed by atoms with Crippen LogP contribution >= 0.6 is 0 Å². The van der Waals surface area contributed by atoms with Crippen LogP contribution in [-0.2, 0) is 19.1 Å². The van der Waals surface area contributed by atoms with Crippen molar-refractivity contribution in [2.45, 2.75) is 89.6 Å². The summed E-state index contributed by atoms with van der Waals surface area (Å²) in [6, 6.07) is 6.77. The van der Waals surface area contributed by atoms with E-state index in [1.807, 2.05) is 6.92 Å². The quantitative estimate of drug-likeness (QED) is 0.563. The van der Waals surface area contributed by atoms with Crippen LogP contribution in [0.15, 0.2) is 29.2 Å². The van der Waals surface area contributed by atoms with E-state index in [1.165, 1.54) is 32.1 Å². The van der Waals surface area contributed by atoms with Gasteiger partial charge < -0.3 is 0 Å². The van der Waals surface area contributed by atoms with Gasteiger partial charge in [-0.3, -0.25) is 8.98 Å². The van der Waals surface area contributed by atoms with Crippen molar-refractivity contribution in [2.24, 2.45) is 34.5 Å². The van der Waals surface area contributed by atoms with E-state index in [9.17, 15) is 13.2 Å². The van der Waals surface area contributed by atoms with Gasteiger partial charge >= 0.3 is 0 Å². The van der Waals surface area contributed by atoms with Gasteiger partial charge in [0.1, 0.15) is 5.78 Å². The molecule has 6 unspecified atom stereocenters. The number of hydrogen-bond donors (Lipinski definition) is 0. The first-order valence-corrected chi connectivity index (χ1v) is 13.6. The average molecular weight is 445 g/mol. The molecule has 0 N–H and O–H groups in total. The number of aryl methyl sites for hydroxylation is 1. The fourth-order valence-electron chi connectivity index (χ4n) is 8.10. The van der Waals surface area contributed by atoms with E-state index in [2.05, 4.69) is 13.8 Å². The summed E-state index contributed by atoms with van der Waals surface area (Å²) in [6.07, 6.45) is 9.32. The lowest BCUT2D eigenvalue weighted by Gasteiger charge is -2.59. The lowest BCUT2D eigenvalue weighted by atomic mass is 9.45. The molecule has 5 heteroatoms. The summed E-state index contributed by atoms with van der Waals surface area (Å²) in [5.41, 5.74) is 0.982. The molecule has 0 spiro atoms. The van der Waals surface area contributed by atoms with Crippen LogP contribution in [0.3, 0.4) is 0 Å². The molecule has 4 fully saturated rings. The van der Waals surface area contributed by atoms with Crippen molar-refractivity contribution in [1.29, 1.82) is 0 Å². The van der Waals surface area contributed by atoms with E-state index in [0.717, 1.165) is 30.7 Å². The minimum Gasteiger partial charge on any atom is -0.299 e. The third kappa shape index (κ3) is 3.33. The van der Waals surface area contributed by atoms with Gasteiger partial charge in [0, 0.05) is 17.8 Å². The highest BCUT2D eigenvalue weighted by Gasteiger charge is 2.63. The monoisotopic (exact) mass is 444 g/mol. The summed E-state index contributed by atoms with van der Waals surface area (Å²) in [6.45, 7) is 6.55.